The molecule has 0 aromatic heterocycles. The molecule has 0 unspecified atom stereocenters. The average molecular weight is 1280 g/mol. The summed E-state index contributed by atoms with van der Waals surface area (Å²) in [6.07, 6.45) is -1.23. The van der Waals surface area contributed by atoms with Crippen LogP contribution < -0.4 is 16.0 Å². The van der Waals surface area contributed by atoms with Crippen LogP contribution in [0.4, 0.5) is 50.6 Å². The molecule has 81 heavy (non-hydrogen) atoms. The number of aryl methyl sites for hydroxylation is 2. The van der Waals surface area contributed by atoms with Crippen molar-refractivity contribution in [2.24, 2.45) is 0 Å². The van der Waals surface area contributed by atoms with Gasteiger partial charge in [0.25, 0.3) is 6.47 Å². The van der Waals surface area contributed by atoms with E-state index in [0.29, 0.717) is 62.2 Å². The molecule has 0 aliphatic carbocycles. The number of hydrogen-bond donors (Lipinski definition) is 4. The van der Waals surface area contributed by atoms with E-state index in [2.05, 4.69) is 31.6 Å². The Labute approximate surface area is 488 Å². The molecular formula is C49H50B7IrN3O21. The summed E-state index contributed by atoms with van der Waals surface area (Å²) >= 11 is 0. The predicted molar refractivity (Wildman–Crippen MR) is 290 cm³/mol. The number of aromatic hydroxyl groups is 1. The van der Waals surface area contributed by atoms with Gasteiger partial charge in [-0.2, -0.15) is 0 Å². The summed E-state index contributed by atoms with van der Waals surface area (Å²) in [4.78, 5) is 111. The van der Waals surface area contributed by atoms with E-state index in [-0.39, 0.29) is 114 Å². The average Bonchev–Trinajstić information content (AvgIpc) is 3.40. The van der Waals surface area contributed by atoms with Crippen LogP contribution in [0, 0.1) is 13.8 Å². The van der Waals surface area contributed by atoms with E-state index in [1.165, 1.54) is 39.2 Å². The minimum Gasteiger partial charge on any atom is -0.507 e. The van der Waals surface area contributed by atoms with E-state index in [9.17, 15) is 48.3 Å². The molecule has 0 saturated heterocycles. The molecule has 417 valence electrons. The molecule has 0 heterocycles. The van der Waals surface area contributed by atoms with Crippen LogP contribution in [0.5, 0.6) is 5.75 Å². The summed E-state index contributed by atoms with van der Waals surface area (Å²) in [6, 6.07) is 12.8. The Morgan fingerprint density at radius 1 is 0.469 bits per heavy atom. The Balaban J connectivity index is 0.00000190. The van der Waals surface area contributed by atoms with E-state index in [1.807, 2.05) is 0 Å². The number of benzene rings is 4. The van der Waals surface area contributed by atoms with E-state index in [1.54, 1.807) is 44.2 Å². The second-order valence-electron chi connectivity index (χ2n) is 15.6. The summed E-state index contributed by atoms with van der Waals surface area (Å²) in [5, 5.41) is 18.7. The SMILES string of the molecule is [B]C.[B]C(=O)OCc1cc(C)c(NC(=O)OCc2cc(COC)cc(COC(=O)Nc3c(COC=O)cc(C)cc3COC([B])=O)c2O)c(COC([B])=O)c1.[B]C(=O)OCc1cc(COC)cc(COC([B])=O)c1NC=O.[B]C=O.[Ir]. The number of amides is 3. The first-order valence-corrected chi connectivity index (χ1v) is 22.8. The number of phenols is 1. The van der Waals surface area contributed by atoms with Crippen molar-refractivity contribution in [2.45, 2.75) is 86.7 Å². The second kappa shape index (κ2) is 40.4. The topological polar surface area (TPSA) is 319 Å². The fourth-order valence-corrected chi connectivity index (χ4v) is 6.95. The molecule has 0 aliphatic heterocycles. The van der Waals surface area contributed by atoms with Gasteiger partial charge in [0, 0.05) is 73.3 Å². The molecule has 0 saturated carbocycles. The van der Waals surface area contributed by atoms with Crippen LogP contribution in [0.3, 0.4) is 0 Å². The minimum atomic E-state index is -1.07. The molecule has 0 atom stereocenters. The van der Waals surface area contributed by atoms with Crippen molar-refractivity contribution in [3.8, 4) is 5.75 Å². The van der Waals surface area contributed by atoms with Gasteiger partial charge in [-0.3, -0.25) is 44.2 Å². The summed E-state index contributed by atoms with van der Waals surface area (Å²) < 4.78 is 50.0. The van der Waals surface area contributed by atoms with E-state index in [4.69, 9.17) is 91.4 Å². The Morgan fingerprint density at radius 3 is 1.16 bits per heavy atom. The van der Waals surface area contributed by atoms with Crippen LogP contribution in [-0.2, 0) is 148 Å². The third-order valence-corrected chi connectivity index (χ3v) is 9.78. The summed E-state index contributed by atoms with van der Waals surface area (Å²) in [7, 11) is 36.7. The third-order valence-electron chi connectivity index (χ3n) is 9.78. The fourth-order valence-electron chi connectivity index (χ4n) is 6.95. The monoisotopic (exact) mass is 1290 g/mol. The number of phenolic OH excluding ortho intramolecular Hbond substituents is 1. The Kier molecular flexibility index (Phi) is 36.5. The van der Waals surface area contributed by atoms with Gasteiger partial charge in [-0.15, -0.1) is 0 Å². The quantitative estimate of drug-likeness (QED) is 0.0372. The number of methoxy groups -OCH3 is 2. The number of anilines is 3. The van der Waals surface area contributed by atoms with Crippen LogP contribution in [0.15, 0.2) is 48.5 Å². The normalized spacial score (nSPS) is 9.69. The zero-order chi connectivity index (χ0) is 60.3. The number of rotatable bonds is 25. The van der Waals surface area contributed by atoms with Gasteiger partial charge in [0.2, 0.25) is 75.0 Å². The molecule has 0 fully saturated rings. The van der Waals surface area contributed by atoms with Crippen molar-refractivity contribution in [1.29, 1.82) is 0 Å². The van der Waals surface area contributed by atoms with Gasteiger partial charge in [0.1, 0.15) is 58.6 Å². The fraction of sp³-hybridized carbons (Fsp3) is 0.306. The van der Waals surface area contributed by atoms with Crippen LogP contribution in [0.2, 0.25) is 6.82 Å². The van der Waals surface area contributed by atoms with Gasteiger partial charge < -0.3 is 62.6 Å². The third kappa shape index (κ3) is 28.3. The molecule has 0 spiro atoms. The van der Waals surface area contributed by atoms with E-state index < -0.39 is 54.7 Å². The van der Waals surface area contributed by atoms with Gasteiger partial charge in [0.05, 0.1) is 44.3 Å². The van der Waals surface area contributed by atoms with E-state index >= 15 is 0 Å². The Morgan fingerprint density at radius 2 is 0.790 bits per heavy atom. The minimum absolute atomic E-state index is 0. The number of nitrogens with one attached hydrogen (secondary N) is 3. The van der Waals surface area contributed by atoms with Crippen molar-refractivity contribution >= 4 is 133 Å². The maximum absolute atomic E-state index is 13.0. The molecule has 4 aromatic rings. The first-order valence-electron chi connectivity index (χ1n) is 22.8. The van der Waals surface area contributed by atoms with Gasteiger partial charge in [-0.25, -0.2) is 9.59 Å². The first-order chi connectivity index (χ1) is 38.1. The van der Waals surface area contributed by atoms with Crippen LogP contribution in [0.25, 0.3) is 0 Å². The largest absolute Gasteiger partial charge is 0.507 e. The predicted octanol–water partition coefficient (Wildman–Crippen LogP) is 5.30. The molecule has 15 radical (unpaired) electrons. The summed E-state index contributed by atoms with van der Waals surface area (Å²) in [6.45, 7) is 3.17. The molecule has 4 rings (SSSR count). The number of carbonyl (C=O) groups excluding carboxylic acids is 10. The molecule has 32 heteroatoms. The van der Waals surface area contributed by atoms with Crippen molar-refractivity contribution < 1.29 is 121 Å². The molecule has 0 bridgehead atoms. The zero-order valence-electron chi connectivity index (χ0n) is 44.4. The maximum atomic E-state index is 13.0. The molecule has 3 amide bonds. The maximum Gasteiger partial charge on any atom is 0.411 e. The van der Waals surface area contributed by atoms with Gasteiger partial charge in [0.15, 0.2) is 7.85 Å². The standard InChI is InChI=1S/C34H33B3N2O14.C13H13B2NO6.CHBO.CH3B.Ir/c1-18-4-22(12-48-17-40)28(23(5-18)13-50-31(36)43)39-34(46)53-16-26-9-21(10-47-3)8-25(29(26)41)15-52-33(45)38-27-19(2)6-20(11-49-30(35)42)7-24(27)14-51-32(37)44;1-20-4-8-2-9(5-21-12(14)18)11(16-7-17)10(3-8)6-22-13(15)19;2-1-3;1-2;/h4-9,17,41H,10-16H2,1-3H3,(H,38,45)(H,39,46);2-3,7H,4-6H2,1H3,(H,16,17);1H;1H3;. The molecule has 4 N–H and O–H groups in total. The second-order valence-corrected chi connectivity index (χ2v) is 15.6. The molecule has 24 nitrogen and oxygen atoms in total. The van der Waals surface area contributed by atoms with Gasteiger partial charge in [-0.05, 0) is 66.4 Å². The molecular weight excluding hydrogens is 1230 g/mol. The number of ether oxygens (including phenoxy) is 10. The van der Waals surface area contributed by atoms with Crippen LogP contribution in [0.1, 0.15) is 66.8 Å². The van der Waals surface area contributed by atoms with Crippen molar-refractivity contribution in [2.75, 3.05) is 30.2 Å². The Hall–Kier alpha value is -7.80. The van der Waals surface area contributed by atoms with Gasteiger partial charge in [-0.1, -0.05) is 30.6 Å². The van der Waals surface area contributed by atoms with Crippen LogP contribution >= 0.6 is 0 Å². The zero-order valence-corrected chi connectivity index (χ0v) is 46.8. The van der Waals surface area contributed by atoms with E-state index in [0.717, 1.165) is 5.56 Å². The van der Waals surface area contributed by atoms with Crippen molar-refractivity contribution in [3.63, 3.8) is 0 Å². The molecule has 4 aromatic carbocycles. The van der Waals surface area contributed by atoms with Crippen molar-refractivity contribution in [1.82, 2.24) is 0 Å². The van der Waals surface area contributed by atoms with Gasteiger partial charge >= 0.3 is 12.2 Å². The Bertz CT molecular complexity index is 2760. The summed E-state index contributed by atoms with van der Waals surface area (Å²) in [5.74, 6) is -5.37. The molecule has 0 aliphatic rings. The number of hydrogen-bond acceptors (Lipinski definition) is 21. The summed E-state index contributed by atoms with van der Waals surface area (Å²) in [5.41, 5.74) is 5.88. The first kappa shape index (κ1) is 73.2. The number of carbonyl (C=O) groups is 10. The smallest absolute Gasteiger partial charge is 0.411 e. The van der Waals surface area contributed by atoms with Crippen molar-refractivity contribution in [3.05, 3.63) is 115 Å². The van der Waals surface area contributed by atoms with Crippen LogP contribution in [-0.4, -0.2) is 135 Å².